The Bertz CT molecular complexity index is 488. The van der Waals surface area contributed by atoms with Crippen molar-refractivity contribution in [2.45, 2.75) is 6.54 Å². The molecule has 0 aliphatic rings. The molecule has 1 N–H and O–H groups in total. The molecular formula is C16H21NO3. The van der Waals surface area contributed by atoms with Gasteiger partial charge in [-0.25, -0.2) is 0 Å². The molecule has 0 unspecified atom stereocenters. The number of ether oxygens (including phenoxy) is 2. The Morgan fingerprint density at radius 2 is 2.10 bits per heavy atom. The van der Waals surface area contributed by atoms with E-state index >= 15 is 0 Å². The van der Waals surface area contributed by atoms with Crippen LogP contribution in [0.1, 0.15) is 5.56 Å². The van der Waals surface area contributed by atoms with E-state index < -0.39 is 0 Å². The van der Waals surface area contributed by atoms with Gasteiger partial charge >= 0.3 is 0 Å². The number of methoxy groups -OCH3 is 2. The minimum atomic E-state index is -0.117. The number of hydrogen-bond donors (Lipinski definition) is 1. The number of aliphatic hydroxyl groups excluding tert-OH is 1. The van der Waals surface area contributed by atoms with Gasteiger partial charge in [0.25, 0.3) is 0 Å². The maximum absolute atomic E-state index is 8.69. The summed E-state index contributed by atoms with van der Waals surface area (Å²) in [6, 6.07) is 5.75. The predicted molar refractivity (Wildman–Crippen MR) is 79.9 cm³/mol. The Hall–Kier alpha value is -1.96. The second-order valence-electron chi connectivity index (χ2n) is 4.15. The number of hydrogen-bond acceptors (Lipinski definition) is 4. The zero-order valence-corrected chi connectivity index (χ0v) is 12.1. The maximum atomic E-state index is 8.69. The molecule has 0 amide bonds. The molecule has 1 aromatic rings. The van der Waals surface area contributed by atoms with Gasteiger partial charge in [0.05, 0.1) is 20.8 Å². The highest BCUT2D eigenvalue weighted by Crippen LogP contribution is 2.25. The van der Waals surface area contributed by atoms with Gasteiger partial charge in [0.1, 0.15) is 18.1 Å². The highest BCUT2D eigenvalue weighted by atomic mass is 16.5. The average Bonchev–Trinajstić information content (AvgIpc) is 2.48. The zero-order valence-electron chi connectivity index (χ0n) is 12.1. The van der Waals surface area contributed by atoms with Crippen LogP contribution in [0.4, 0.5) is 0 Å². The predicted octanol–water partition coefficient (Wildman–Crippen LogP) is 1.69. The van der Waals surface area contributed by atoms with Crippen molar-refractivity contribution in [1.29, 1.82) is 0 Å². The van der Waals surface area contributed by atoms with Gasteiger partial charge in [-0.15, -0.1) is 6.58 Å². The van der Waals surface area contributed by atoms with Gasteiger partial charge in [-0.2, -0.15) is 0 Å². The van der Waals surface area contributed by atoms with Crippen molar-refractivity contribution < 1.29 is 14.6 Å². The van der Waals surface area contributed by atoms with Crippen LogP contribution in [0.15, 0.2) is 30.9 Å². The summed E-state index contributed by atoms with van der Waals surface area (Å²) in [5.41, 5.74) is 1.06. The van der Waals surface area contributed by atoms with Gasteiger partial charge in [0, 0.05) is 24.7 Å². The molecule has 0 saturated carbocycles. The monoisotopic (exact) mass is 275 g/mol. The molecule has 4 heteroatoms. The summed E-state index contributed by atoms with van der Waals surface area (Å²) in [5.74, 6) is 7.11. The first-order valence-corrected chi connectivity index (χ1v) is 6.35. The molecule has 0 heterocycles. The Labute approximate surface area is 120 Å². The normalized spacial score (nSPS) is 9.80. The molecule has 20 heavy (non-hydrogen) atoms. The van der Waals surface area contributed by atoms with E-state index in [-0.39, 0.29) is 6.61 Å². The van der Waals surface area contributed by atoms with Crippen LogP contribution in [0.25, 0.3) is 0 Å². The van der Waals surface area contributed by atoms with Crippen molar-refractivity contribution in [3.05, 3.63) is 36.4 Å². The molecule has 0 aliphatic carbocycles. The summed E-state index contributed by atoms with van der Waals surface area (Å²) in [6.07, 6.45) is 1.83. The highest BCUT2D eigenvalue weighted by molar-refractivity contribution is 5.40. The fourth-order valence-electron chi connectivity index (χ4n) is 1.81. The van der Waals surface area contributed by atoms with Crippen LogP contribution in [0, 0.1) is 11.8 Å². The summed E-state index contributed by atoms with van der Waals surface area (Å²) in [6.45, 7) is 5.62. The maximum Gasteiger partial charge on any atom is 0.127 e. The third-order valence-corrected chi connectivity index (χ3v) is 2.78. The minimum absolute atomic E-state index is 0.117. The van der Waals surface area contributed by atoms with Crippen LogP contribution < -0.4 is 9.47 Å². The third-order valence-electron chi connectivity index (χ3n) is 2.78. The summed E-state index contributed by atoms with van der Waals surface area (Å²) >= 11 is 0. The molecular weight excluding hydrogens is 254 g/mol. The van der Waals surface area contributed by atoms with E-state index in [4.69, 9.17) is 14.6 Å². The highest BCUT2D eigenvalue weighted by Gasteiger charge is 2.09. The van der Waals surface area contributed by atoms with Crippen molar-refractivity contribution in [2.75, 3.05) is 33.9 Å². The summed E-state index contributed by atoms with van der Waals surface area (Å²) in [7, 11) is 3.27. The van der Waals surface area contributed by atoms with Crippen LogP contribution in [0.5, 0.6) is 11.5 Å². The van der Waals surface area contributed by atoms with Crippen LogP contribution in [0.3, 0.4) is 0 Å². The fraction of sp³-hybridized carbons (Fsp3) is 0.375. The van der Waals surface area contributed by atoms with Gasteiger partial charge in [0.15, 0.2) is 0 Å². The van der Waals surface area contributed by atoms with E-state index in [1.807, 2.05) is 24.3 Å². The first kappa shape index (κ1) is 16.1. The lowest BCUT2D eigenvalue weighted by Gasteiger charge is -2.19. The Balaban J connectivity index is 2.83. The number of nitrogens with zero attached hydrogens (tertiary/aromatic N) is 1. The second-order valence-corrected chi connectivity index (χ2v) is 4.15. The molecule has 1 aromatic carbocycles. The van der Waals surface area contributed by atoms with Gasteiger partial charge in [0.2, 0.25) is 0 Å². The fourth-order valence-corrected chi connectivity index (χ4v) is 1.81. The molecule has 0 bridgehead atoms. The Kier molecular flexibility index (Phi) is 7.26. The quantitative estimate of drug-likeness (QED) is 0.607. The van der Waals surface area contributed by atoms with Gasteiger partial charge < -0.3 is 14.6 Å². The van der Waals surface area contributed by atoms with E-state index in [1.165, 1.54) is 0 Å². The van der Waals surface area contributed by atoms with Crippen molar-refractivity contribution in [1.82, 2.24) is 4.90 Å². The summed E-state index contributed by atoms with van der Waals surface area (Å²) in [4.78, 5) is 2.11. The van der Waals surface area contributed by atoms with Crippen molar-refractivity contribution in [2.24, 2.45) is 0 Å². The number of aliphatic hydroxyl groups is 1. The molecule has 0 fully saturated rings. The first-order chi connectivity index (χ1) is 9.74. The molecule has 0 aliphatic heterocycles. The topological polar surface area (TPSA) is 41.9 Å². The molecule has 0 saturated heterocycles. The van der Waals surface area contributed by atoms with E-state index in [2.05, 4.69) is 23.3 Å². The van der Waals surface area contributed by atoms with E-state index in [0.29, 0.717) is 13.1 Å². The average molecular weight is 275 g/mol. The van der Waals surface area contributed by atoms with Crippen LogP contribution in [-0.2, 0) is 6.54 Å². The lowest BCUT2D eigenvalue weighted by molar-refractivity contribution is 0.319. The van der Waals surface area contributed by atoms with Crippen molar-refractivity contribution in [3.63, 3.8) is 0 Å². The van der Waals surface area contributed by atoms with E-state index in [9.17, 15) is 0 Å². The second kappa shape index (κ2) is 9.03. The van der Waals surface area contributed by atoms with Crippen molar-refractivity contribution in [3.8, 4) is 23.3 Å². The molecule has 1 rings (SSSR count). The van der Waals surface area contributed by atoms with Gasteiger partial charge in [-0.05, 0) is 6.07 Å². The lowest BCUT2D eigenvalue weighted by Crippen LogP contribution is -2.24. The minimum Gasteiger partial charge on any atom is -0.497 e. The van der Waals surface area contributed by atoms with Crippen LogP contribution in [-0.4, -0.2) is 43.9 Å². The smallest absolute Gasteiger partial charge is 0.127 e. The number of rotatable bonds is 7. The molecule has 0 atom stereocenters. The molecule has 0 radical (unpaired) electrons. The van der Waals surface area contributed by atoms with E-state index in [0.717, 1.165) is 23.6 Å². The summed E-state index contributed by atoms with van der Waals surface area (Å²) in [5, 5.41) is 8.69. The molecule has 0 aromatic heterocycles. The van der Waals surface area contributed by atoms with Gasteiger partial charge in [-0.1, -0.05) is 24.0 Å². The zero-order chi connectivity index (χ0) is 14.8. The molecule has 4 nitrogen and oxygen atoms in total. The Morgan fingerprint density at radius 3 is 2.70 bits per heavy atom. The number of benzene rings is 1. The van der Waals surface area contributed by atoms with Crippen LogP contribution in [0.2, 0.25) is 0 Å². The Morgan fingerprint density at radius 1 is 1.30 bits per heavy atom. The van der Waals surface area contributed by atoms with E-state index in [1.54, 1.807) is 14.2 Å². The lowest BCUT2D eigenvalue weighted by atomic mass is 10.1. The summed E-state index contributed by atoms with van der Waals surface area (Å²) < 4.78 is 10.6. The largest absolute Gasteiger partial charge is 0.497 e. The van der Waals surface area contributed by atoms with Crippen LogP contribution >= 0.6 is 0 Å². The van der Waals surface area contributed by atoms with Gasteiger partial charge in [-0.3, -0.25) is 4.90 Å². The SMILES string of the molecule is C=CCN(CC#CCO)Cc1ccc(OC)cc1OC. The molecule has 108 valence electrons. The standard InChI is InChI=1S/C16H21NO3/c1-4-9-17(10-5-6-11-18)13-14-7-8-15(19-2)12-16(14)20-3/h4,7-8,12,18H,1,9-11,13H2,2-3H3. The third kappa shape index (κ3) is 4.96. The van der Waals surface area contributed by atoms with Crippen molar-refractivity contribution >= 4 is 0 Å². The first-order valence-electron chi connectivity index (χ1n) is 6.35. The molecule has 0 spiro atoms.